The molecule has 1 aliphatic rings. The van der Waals surface area contributed by atoms with Crippen LogP contribution in [0.3, 0.4) is 0 Å². The van der Waals surface area contributed by atoms with E-state index < -0.39 is 12.1 Å². The minimum atomic E-state index is -0.871. The first-order chi connectivity index (χ1) is 40.5. The second-order valence-electron chi connectivity index (χ2n) is 25.7. The summed E-state index contributed by atoms with van der Waals surface area (Å²) in [4.78, 5) is 63.9. The van der Waals surface area contributed by atoms with Gasteiger partial charge in [0.05, 0.1) is 12.2 Å². The van der Waals surface area contributed by atoms with Crippen LogP contribution in [0.25, 0.3) is 0 Å². The molecule has 0 spiro atoms. The molecule has 14 nitrogen and oxygen atoms in total. The molecule has 1 fully saturated rings. The molecule has 0 aliphatic heterocycles. The van der Waals surface area contributed by atoms with Crippen molar-refractivity contribution >= 4 is 30.0 Å². The summed E-state index contributed by atoms with van der Waals surface area (Å²) in [5.41, 5.74) is -0.146. The van der Waals surface area contributed by atoms with Gasteiger partial charge in [0.15, 0.2) is 6.10 Å². The Bertz CT molecular complexity index is 1690. The predicted molar refractivity (Wildman–Crippen MR) is 344 cm³/mol. The van der Waals surface area contributed by atoms with Gasteiger partial charge in [-0.2, -0.15) is 0 Å². The summed E-state index contributed by atoms with van der Waals surface area (Å²) in [5, 5.41) is 29.1. The zero-order valence-electron chi connectivity index (χ0n) is 54.7. The Balaban J connectivity index is 2.56. The van der Waals surface area contributed by atoms with Crippen molar-refractivity contribution in [2.75, 3.05) is 26.8 Å². The van der Waals surface area contributed by atoms with Crippen molar-refractivity contribution in [3.63, 3.8) is 0 Å². The van der Waals surface area contributed by atoms with Crippen LogP contribution >= 0.6 is 0 Å². The number of unbranched alkanes of at least 4 members (excludes halogenated alkanes) is 24. The van der Waals surface area contributed by atoms with E-state index in [1.165, 1.54) is 38.5 Å². The van der Waals surface area contributed by atoms with Crippen LogP contribution in [0.15, 0.2) is 36.5 Å². The fraction of sp³-hybridized carbons (Fsp3) is 0.843. The summed E-state index contributed by atoms with van der Waals surface area (Å²) < 4.78 is 23.0. The third kappa shape index (κ3) is 47.3. The number of aliphatic hydroxyl groups is 2. The SMILES string of the molecule is CCCCCCC(O)C/C=C/CCCCCCCC(=O)OCC(COC(=O)CCCCCCC/C=C/CC(O)CCCCCC)OC(=O)CCCCCCC/C=C/CC(CCCCCC)OC(=O)NC1CC(C)(C)CC(C)(CNC(=O)NC)C1. The number of alkyl carbamates (subject to hydrolysis) is 1. The number of urea groups is 1. The van der Waals surface area contributed by atoms with E-state index in [-0.39, 0.29) is 91.7 Å². The molecular weight excluding hydrogens is 1060 g/mol. The third-order valence-corrected chi connectivity index (χ3v) is 16.2. The minimum Gasteiger partial charge on any atom is -0.462 e. The first kappa shape index (κ1) is 78.1. The highest BCUT2D eigenvalue weighted by Crippen LogP contribution is 2.46. The number of carbonyl (C=O) groups is 5. The van der Waals surface area contributed by atoms with Crippen LogP contribution in [0.1, 0.15) is 311 Å². The second kappa shape index (κ2) is 52.2. The normalized spacial score (nSPS) is 17.5. The average molecular weight is 1190 g/mol. The lowest BCUT2D eigenvalue weighted by molar-refractivity contribution is -0.167. The van der Waals surface area contributed by atoms with Gasteiger partial charge in [0.2, 0.25) is 0 Å². The van der Waals surface area contributed by atoms with Crippen molar-refractivity contribution in [3.05, 3.63) is 36.5 Å². The largest absolute Gasteiger partial charge is 0.462 e. The van der Waals surface area contributed by atoms with Gasteiger partial charge in [-0.3, -0.25) is 14.4 Å². The molecule has 3 amide bonds. The zero-order chi connectivity index (χ0) is 61.8. The van der Waals surface area contributed by atoms with Gasteiger partial charge in [-0.05, 0) is 126 Å². The van der Waals surface area contributed by atoms with Gasteiger partial charge in [-0.15, -0.1) is 0 Å². The Hall–Kier alpha value is -3.91. The van der Waals surface area contributed by atoms with Crippen LogP contribution < -0.4 is 16.0 Å². The van der Waals surface area contributed by atoms with Crippen LogP contribution in [-0.2, 0) is 33.3 Å². The smallest absolute Gasteiger partial charge is 0.407 e. The Morgan fingerprint density at radius 2 is 0.905 bits per heavy atom. The molecule has 84 heavy (non-hydrogen) atoms. The maximum atomic E-state index is 13.3. The quantitative estimate of drug-likeness (QED) is 0.0168. The molecule has 0 radical (unpaired) electrons. The average Bonchev–Trinajstić information content (AvgIpc) is 2.81. The topological polar surface area (TPSA) is 199 Å². The number of esters is 3. The first-order valence-electron chi connectivity index (χ1n) is 34.3. The maximum absolute atomic E-state index is 13.3. The molecule has 0 saturated heterocycles. The third-order valence-electron chi connectivity index (χ3n) is 16.2. The van der Waals surface area contributed by atoms with Crippen molar-refractivity contribution in [2.45, 2.75) is 342 Å². The van der Waals surface area contributed by atoms with E-state index in [0.29, 0.717) is 32.2 Å². The van der Waals surface area contributed by atoms with E-state index in [0.717, 1.165) is 186 Å². The summed E-state index contributed by atoms with van der Waals surface area (Å²) in [7, 11) is 1.61. The lowest BCUT2D eigenvalue weighted by Crippen LogP contribution is -2.51. The van der Waals surface area contributed by atoms with Gasteiger partial charge in [-0.25, -0.2) is 9.59 Å². The van der Waals surface area contributed by atoms with E-state index in [1.54, 1.807) is 7.05 Å². The molecule has 0 aromatic heterocycles. The number of hydrogen-bond acceptors (Lipinski definition) is 11. The van der Waals surface area contributed by atoms with Crippen molar-refractivity contribution in [2.24, 2.45) is 10.8 Å². The van der Waals surface area contributed by atoms with Crippen molar-refractivity contribution in [3.8, 4) is 0 Å². The highest BCUT2D eigenvalue weighted by atomic mass is 16.6. The van der Waals surface area contributed by atoms with Crippen LogP contribution in [0, 0.1) is 10.8 Å². The molecule has 0 aromatic carbocycles. The Morgan fingerprint density at radius 1 is 0.488 bits per heavy atom. The molecule has 5 unspecified atom stereocenters. The molecule has 488 valence electrons. The van der Waals surface area contributed by atoms with Gasteiger partial charge in [-0.1, -0.05) is 206 Å². The summed E-state index contributed by atoms with van der Waals surface area (Å²) >= 11 is 0. The number of carbonyl (C=O) groups excluding carboxylic acids is 5. The standard InChI is InChI=1S/C70H127N3O11/c1-8-11-14-35-44-60(74)46-37-29-23-17-20-26-32-41-50-64(76)81-55-63(56-82-65(77)51-42-33-27-21-18-24-30-38-47-61(75)45-36-15-12-9-2)83-66(78)52-43-34-28-22-19-25-31-40-49-62(48-39-16-13-10-3)84-68(80)73-59-53-69(4,5)57-70(6,54-59)58-72-67(79)71-7/h29-31,37-38,40,59-63,74-75H,8-28,32-36,39,41-58H2,1-7H3,(H,73,80)(H2,71,72,79)/b37-29+,38-30+,40-31+. The molecule has 5 N–H and O–H groups in total. The van der Waals surface area contributed by atoms with Gasteiger partial charge in [0, 0.05) is 45.3 Å². The van der Waals surface area contributed by atoms with Crippen molar-refractivity contribution in [1.82, 2.24) is 16.0 Å². The number of nitrogens with one attached hydrogen (secondary N) is 3. The Kier molecular flexibility index (Phi) is 48.6. The van der Waals surface area contributed by atoms with E-state index in [2.05, 4.69) is 93.9 Å². The van der Waals surface area contributed by atoms with Crippen LogP contribution in [0.4, 0.5) is 9.59 Å². The van der Waals surface area contributed by atoms with E-state index >= 15 is 0 Å². The van der Waals surface area contributed by atoms with Crippen LogP contribution in [0.2, 0.25) is 0 Å². The number of hydrogen-bond donors (Lipinski definition) is 5. The number of ether oxygens (including phenoxy) is 4. The minimum absolute atomic E-state index is 0.00518. The predicted octanol–water partition coefficient (Wildman–Crippen LogP) is 17.3. The fourth-order valence-electron chi connectivity index (χ4n) is 11.6. The molecule has 0 bridgehead atoms. The molecule has 5 atom stereocenters. The highest BCUT2D eigenvalue weighted by molar-refractivity contribution is 5.73. The van der Waals surface area contributed by atoms with E-state index in [4.69, 9.17) is 18.9 Å². The van der Waals surface area contributed by atoms with Crippen LogP contribution in [-0.4, -0.2) is 97.5 Å². The number of allylic oxidation sites excluding steroid dienone is 3. The summed E-state index contributed by atoms with van der Waals surface area (Å²) in [6, 6.07) is -0.241. The maximum Gasteiger partial charge on any atom is 0.407 e. The van der Waals surface area contributed by atoms with Gasteiger partial charge in [0.25, 0.3) is 0 Å². The summed E-state index contributed by atoms with van der Waals surface area (Å²) in [6.45, 7) is 13.4. The molecular formula is C70H127N3O11. The molecule has 14 heteroatoms. The second-order valence-corrected chi connectivity index (χ2v) is 25.7. The molecule has 1 saturated carbocycles. The van der Waals surface area contributed by atoms with Crippen LogP contribution in [0.5, 0.6) is 0 Å². The van der Waals surface area contributed by atoms with Gasteiger partial charge < -0.3 is 45.1 Å². The fourth-order valence-corrected chi connectivity index (χ4v) is 11.6. The van der Waals surface area contributed by atoms with E-state index in [9.17, 15) is 34.2 Å². The van der Waals surface area contributed by atoms with E-state index in [1.807, 2.05) is 0 Å². The van der Waals surface area contributed by atoms with Crippen molar-refractivity contribution in [1.29, 1.82) is 0 Å². The molecule has 0 aromatic rings. The monoisotopic (exact) mass is 1190 g/mol. The first-order valence-corrected chi connectivity index (χ1v) is 34.3. The number of amides is 3. The Labute approximate surface area is 512 Å². The van der Waals surface area contributed by atoms with Crippen molar-refractivity contribution < 1.29 is 53.1 Å². The summed E-state index contributed by atoms with van der Waals surface area (Å²) in [5.74, 6) is -1.10. The highest BCUT2D eigenvalue weighted by Gasteiger charge is 2.42. The lowest BCUT2D eigenvalue weighted by atomic mass is 9.62. The summed E-state index contributed by atoms with van der Waals surface area (Å²) in [6.07, 6.45) is 49.9. The number of rotatable bonds is 54. The zero-order valence-corrected chi connectivity index (χ0v) is 54.7. The molecule has 1 rings (SSSR count). The van der Waals surface area contributed by atoms with Gasteiger partial charge >= 0.3 is 30.0 Å². The number of aliphatic hydroxyl groups excluding tert-OH is 2. The Morgan fingerprint density at radius 3 is 1.37 bits per heavy atom. The lowest BCUT2D eigenvalue weighted by Gasteiger charge is -2.46. The molecule has 1 aliphatic carbocycles. The molecule has 0 heterocycles. The van der Waals surface area contributed by atoms with Gasteiger partial charge in [0.1, 0.15) is 19.3 Å².